The predicted octanol–water partition coefficient (Wildman–Crippen LogP) is 3.02. The molecule has 1 aromatic rings. The van der Waals surface area contributed by atoms with Gasteiger partial charge < -0.3 is 14.6 Å². The Hall–Kier alpha value is -1.75. The van der Waals surface area contributed by atoms with Gasteiger partial charge in [-0.1, -0.05) is 0 Å². The Balaban J connectivity index is 2.16. The molecule has 1 aromatic carbocycles. The topological polar surface area (TPSA) is 67.8 Å². The lowest BCUT2D eigenvalue weighted by atomic mass is 10.1. The average Bonchev–Trinajstić information content (AvgIpc) is 3.06. The Labute approximate surface area is 118 Å². The molecular weight excluding hydrogens is 258 g/mol. The number of aliphatic hydroxyl groups is 1. The van der Waals surface area contributed by atoms with E-state index in [4.69, 9.17) is 9.47 Å². The number of hydrogen-bond donors (Lipinski definition) is 2. The molecule has 0 heterocycles. The van der Waals surface area contributed by atoms with Crippen LogP contribution in [0.2, 0.25) is 0 Å². The first kappa shape index (κ1) is 14.7. The van der Waals surface area contributed by atoms with Gasteiger partial charge in [0.15, 0.2) is 0 Å². The first-order valence-electron chi connectivity index (χ1n) is 6.64. The molecule has 20 heavy (non-hydrogen) atoms. The van der Waals surface area contributed by atoms with Gasteiger partial charge in [-0.3, -0.25) is 5.32 Å². The van der Waals surface area contributed by atoms with Crippen LogP contribution < -0.4 is 10.1 Å². The zero-order chi connectivity index (χ0) is 15.0. The van der Waals surface area contributed by atoms with Gasteiger partial charge in [-0.05, 0) is 51.8 Å². The summed E-state index contributed by atoms with van der Waals surface area (Å²) in [7, 11) is 1.56. The lowest BCUT2D eigenvalue weighted by Gasteiger charge is -2.20. The summed E-state index contributed by atoms with van der Waals surface area (Å²) in [4.78, 5) is 11.7. The Bertz CT molecular complexity index is 515. The van der Waals surface area contributed by atoms with Gasteiger partial charge in [0.2, 0.25) is 0 Å². The van der Waals surface area contributed by atoms with Crippen molar-refractivity contribution in [2.75, 3.05) is 12.4 Å². The summed E-state index contributed by atoms with van der Waals surface area (Å²) in [5.41, 5.74) is -0.0886. The average molecular weight is 279 g/mol. The molecule has 0 atom stereocenters. The first-order valence-corrected chi connectivity index (χ1v) is 6.64. The van der Waals surface area contributed by atoms with Crippen LogP contribution in [0.25, 0.3) is 0 Å². The van der Waals surface area contributed by atoms with E-state index in [1.165, 1.54) is 0 Å². The fraction of sp³-hybridized carbons (Fsp3) is 0.533. The molecule has 0 spiro atoms. The first-order chi connectivity index (χ1) is 9.23. The fourth-order valence-electron chi connectivity index (χ4n) is 1.96. The summed E-state index contributed by atoms with van der Waals surface area (Å²) in [6.45, 7) is 5.41. The molecule has 1 aliphatic rings. The van der Waals surface area contributed by atoms with Crippen LogP contribution in [0, 0.1) is 0 Å². The van der Waals surface area contributed by atoms with Crippen molar-refractivity contribution in [3.05, 3.63) is 23.8 Å². The second kappa shape index (κ2) is 4.98. The summed E-state index contributed by atoms with van der Waals surface area (Å²) in [5, 5.41) is 12.9. The number of nitrogens with one attached hydrogen (secondary N) is 1. The minimum absolute atomic E-state index is 0.517. The summed E-state index contributed by atoms with van der Waals surface area (Å²) < 4.78 is 10.4. The second-order valence-electron chi connectivity index (χ2n) is 6.07. The van der Waals surface area contributed by atoms with Crippen LogP contribution in [0.4, 0.5) is 10.5 Å². The van der Waals surface area contributed by atoms with Gasteiger partial charge in [-0.2, -0.15) is 0 Å². The van der Waals surface area contributed by atoms with Crippen LogP contribution in [-0.2, 0) is 10.3 Å². The highest BCUT2D eigenvalue weighted by Crippen LogP contribution is 2.49. The molecule has 0 bridgehead atoms. The number of carbonyl (C=O) groups excluding carboxylic acids is 1. The molecule has 1 aliphatic carbocycles. The number of rotatable bonds is 3. The van der Waals surface area contributed by atoms with Gasteiger partial charge in [0.05, 0.1) is 12.7 Å². The highest BCUT2D eigenvalue weighted by molar-refractivity contribution is 5.85. The quantitative estimate of drug-likeness (QED) is 0.892. The van der Waals surface area contributed by atoms with Crippen molar-refractivity contribution in [2.24, 2.45) is 0 Å². The highest BCUT2D eigenvalue weighted by Gasteiger charge is 2.44. The van der Waals surface area contributed by atoms with Crippen molar-refractivity contribution >= 4 is 11.8 Å². The summed E-state index contributed by atoms with van der Waals surface area (Å²) >= 11 is 0. The van der Waals surface area contributed by atoms with Crippen molar-refractivity contribution in [1.29, 1.82) is 0 Å². The van der Waals surface area contributed by atoms with Crippen LogP contribution in [0.15, 0.2) is 18.2 Å². The molecule has 5 nitrogen and oxygen atoms in total. The van der Waals surface area contributed by atoms with Gasteiger partial charge in [0.25, 0.3) is 0 Å². The predicted molar refractivity (Wildman–Crippen MR) is 76.0 cm³/mol. The van der Waals surface area contributed by atoms with Crippen molar-refractivity contribution in [2.45, 2.75) is 44.8 Å². The standard InChI is InChI=1S/C15H21NO4/c1-14(2,3)20-13(17)16-10-5-6-12(19-4)11(9-10)15(18)7-8-15/h5-6,9,18H,7-8H2,1-4H3,(H,16,17). The number of methoxy groups -OCH3 is 1. The van der Waals surface area contributed by atoms with Crippen LogP contribution in [0.3, 0.4) is 0 Å². The van der Waals surface area contributed by atoms with E-state index in [0.29, 0.717) is 29.8 Å². The van der Waals surface area contributed by atoms with Gasteiger partial charge >= 0.3 is 6.09 Å². The summed E-state index contributed by atoms with van der Waals surface area (Å²) in [5.74, 6) is 0.625. The SMILES string of the molecule is COc1ccc(NC(=O)OC(C)(C)C)cc1C1(O)CC1. The maximum absolute atomic E-state index is 11.7. The lowest BCUT2D eigenvalue weighted by molar-refractivity contribution is 0.0635. The number of ether oxygens (including phenoxy) is 2. The summed E-state index contributed by atoms with van der Waals surface area (Å²) in [6.07, 6.45) is 0.898. The van der Waals surface area contributed by atoms with Crippen LogP contribution in [-0.4, -0.2) is 23.9 Å². The molecule has 0 radical (unpaired) electrons. The molecule has 0 aliphatic heterocycles. The largest absolute Gasteiger partial charge is 0.496 e. The van der Waals surface area contributed by atoms with E-state index in [9.17, 15) is 9.90 Å². The number of amides is 1. The molecule has 2 N–H and O–H groups in total. The molecule has 5 heteroatoms. The molecule has 0 saturated heterocycles. The van der Waals surface area contributed by atoms with Crippen LogP contribution in [0.5, 0.6) is 5.75 Å². The van der Waals surface area contributed by atoms with Crippen molar-refractivity contribution in [1.82, 2.24) is 0 Å². The molecule has 1 amide bonds. The maximum atomic E-state index is 11.7. The Morgan fingerprint density at radius 2 is 2.00 bits per heavy atom. The number of carbonyl (C=O) groups is 1. The number of benzene rings is 1. The summed E-state index contributed by atoms with van der Waals surface area (Å²) in [6, 6.07) is 5.19. The Kier molecular flexibility index (Phi) is 3.65. The zero-order valence-corrected chi connectivity index (χ0v) is 12.3. The second-order valence-corrected chi connectivity index (χ2v) is 6.07. The van der Waals surface area contributed by atoms with Gasteiger partial charge in [-0.25, -0.2) is 4.79 Å². The molecule has 1 saturated carbocycles. The third-order valence-corrected chi connectivity index (χ3v) is 3.07. The minimum atomic E-state index is -0.822. The molecule has 0 unspecified atom stereocenters. The monoisotopic (exact) mass is 279 g/mol. The van der Waals surface area contributed by atoms with E-state index in [0.717, 1.165) is 0 Å². The third kappa shape index (κ3) is 3.42. The molecule has 110 valence electrons. The van der Waals surface area contributed by atoms with Gasteiger partial charge in [0, 0.05) is 11.3 Å². The van der Waals surface area contributed by atoms with Crippen molar-refractivity contribution in [3.8, 4) is 5.75 Å². The fourth-order valence-corrected chi connectivity index (χ4v) is 1.96. The Morgan fingerprint density at radius 1 is 1.35 bits per heavy atom. The Morgan fingerprint density at radius 3 is 2.50 bits per heavy atom. The number of hydrogen-bond acceptors (Lipinski definition) is 4. The van der Waals surface area contributed by atoms with Crippen molar-refractivity contribution in [3.63, 3.8) is 0 Å². The molecule has 0 aromatic heterocycles. The van der Waals surface area contributed by atoms with E-state index >= 15 is 0 Å². The molecular formula is C15H21NO4. The van der Waals surface area contributed by atoms with Gasteiger partial charge in [-0.15, -0.1) is 0 Å². The minimum Gasteiger partial charge on any atom is -0.496 e. The van der Waals surface area contributed by atoms with E-state index < -0.39 is 17.3 Å². The van der Waals surface area contributed by atoms with Crippen LogP contribution in [0.1, 0.15) is 39.2 Å². The molecule has 2 rings (SSSR count). The van der Waals surface area contributed by atoms with Gasteiger partial charge in [0.1, 0.15) is 11.4 Å². The van der Waals surface area contributed by atoms with E-state index in [1.54, 1.807) is 46.1 Å². The normalized spacial score (nSPS) is 16.4. The maximum Gasteiger partial charge on any atom is 0.412 e. The van der Waals surface area contributed by atoms with E-state index in [1.807, 2.05) is 0 Å². The molecule has 1 fully saturated rings. The smallest absolute Gasteiger partial charge is 0.412 e. The van der Waals surface area contributed by atoms with E-state index in [-0.39, 0.29) is 0 Å². The lowest BCUT2D eigenvalue weighted by Crippen LogP contribution is -2.27. The zero-order valence-electron chi connectivity index (χ0n) is 12.3. The van der Waals surface area contributed by atoms with Crippen LogP contribution >= 0.6 is 0 Å². The third-order valence-electron chi connectivity index (χ3n) is 3.07. The number of anilines is 1. The highest BCUT2D eigenvalue weighted by atomic mass is 16.6. The van der Waals surface area contributed by atoms with Crippen molar-refractivity contribution < 1.29 is 19.4 Å². The van der Waals surface area contributed by atoms with E-state index in [2.05, 4.69) is 5.32 Å².